The number of hydrogen-bond acceptors (Lipinski definition) is 9. The summed E-state index contributed by atoms with van der Waals surface area (Å²) in [6.07, 6.45) is -3.46. The first-order valence-electron chi connectivity index (χ1n) is 10.0. The molecule has 2 aliphatic rings. The Bertz CT molecular complexity index is 918. The second-order valence-corrected chi connectivity index (χ2v) is 9.04. The quantitative estimate of drug-likeness (QED) is 0.180. The lowest BCUT2D eigenvalue weighted by molar-refractivity contribution is -0.142. The van der Waals surface area contributed by atoms with Crippen LogP contribution in [0.2, 0.25) is 0 Å². The number of benzene rings is 1. The average molecular weight is 486 g/mol. The number of urea groups is 1. The van der Waals surface area contributed by atoms with Crippen molar-refractivity contribution >= 4 is 19.7 Å². The molecule has 7 N–H and O–H groups in total. The van der Waals surface area contributed by atoms with Crippen molar-refractivity contribution in [2.24, 2.45) is 5.73 Å². The number of nitrogens with one attached hydrogen (secondary N) is 2. The van der Waals surface area contributed by atoms with Gasteiger partial charge in [-0.05, 0) is 18.1 Å². The van der Waals surface area contributed by atoms with E-state index in [9.17, 15) is 29.3 Å². The summed E-state index contributed by atoms with van der Waals surface area (Å²) in [4.78, 5) is 35.4. The summed E-state index contributed by atoms with van der Waals surface area (Å²) >= 11 is 0. The summed E-state index contributed by atoms with van der Waals surface area (Å²) in [7, 11) is -3.42. The molecule has 3 rings (SSSR count). The first-order valence-corrected chi connectivity index (χ1v) is 11.6. The molecule has 33 heavy (non-hydrogen) atoms. The first kappa shape index (κ1) is 25.3. The summed E-state index contributed by atoms with van der Waals surface area (Å²) in [6, 6.07) is 6.93. The number of aliphatic hydroxyl groups is 2. The van der Waals surface area contributed by atoms with Crippen molar-refractivity contribution in [3.63, 3.8) is 0 Å². The number of ether oxygens (including phenoxy) is 2. The predicted octanol–water partition coefficient (Wildman–Crippen LogP) is -1.25. The molecule has 0 spiro atoms. The van der Waals surface area contributed by atoms with Crippen molar-refractivity contribution in [3.8, 4) is 0 Å². The molecule has 7 atom stereocenters. The van der Waals surface area contributed by atoms with Crippen molar-refractivity contribution in [1.82, 2.24) is 15.3 Å². The normalized spacial score (nSPS) is 29.9. The van der Waals surface area contributed by atoms with Crippen LogP contribution >= 0.6 is 7.75 Å². The van der Waals surface area contributed by atoms with Crippen LogP contribution in [0.3, 0.4) is 0 Å². The van der Waals surface area contributed by atoms with Gasteiger partial charge >= 0.3 is 19.7 Å². The number of methoxy groups -OCH3 is 1. The molecule has 2 aliphatic heterocycles. The van der Waals surface area contributed by atoms with Crippen molar-refractivity contribution in [2.75, 3.05) is 13.7 Å². The van der Waals surface area contributed by atoms with E-state index in [0.29, 0.717) is 5.56 Å². The van der Waals surface area contributed by atoms with Gasteiger partial charge in [-0.2, -0.15) is 0 Å². The summed E-state index contributed by atoms with van der Waals surface area (Å²) in [5.74, 6) is -0.773. The smallest absolute Gasteiger partial charge is 0.403 e. The standard InChI is InChI=1S/C19H27N4O9P/c1-30-18(26)12(9-11-5-3-2-4-6-11)22-33(28,29)31-10-13-15(24)16(25)17(32-13)23-8-7-14(20)21-19(23)27/h2-8,12-17,24-25H,9-10,20H2,1H3,(H,21,27)(H2,22,28,29). The second-order valence-electron chi connectivity index (χ2n) is 7.48. The summed E-state index contributed by atoms with van der Waals surface area (Å²) in [5, 5.41) is 25.2. The third kappa shape index (κ3) is 6.37. The number of nitrogens with two attached hydrogens (primary N) is 1. The molecule has 13 nitrogen and oxygen atoms in total. The Morgan fingerprint density at radius 2 is 2.03 bits per heavy atom. The van der Waals surface area contributed by atoms with Crippen LogP contribution in [0.1, 0.15) is 5.56 Å². The molecule has 1 saturated heterocycles. The first-order chi connectivity index (χ1) is 15.6. The number of amides is 2. The lowest BCUT2D eigenvalue weighted by Crippen LogP contribution is -2.55. The highest BCUT2D eigenvalue weighted by atomic mass is 31.2. The van der Waals surface area contributed by atoms with Crippen molar-refractivity contribution in [3.05, 3.63) is 48.2 Å². The minimum absolute atomic E-state index is 0.0588. The molecule has 0 bridgehead atoms. The zero-order chi connectivity index (χ0) is 24.2. The van der Waals surface area contributed by atoms with Gasteiger partial charge in [-0.15, -0.1) is 0 Å². The molecule has 14 heteroatoms. The van der Waals surface area contributed by atoms with E-state index in [1.807, 2.05) is 0 Å². The van der Waals surface area contributed by atoms with Crippen LogP contribution in [0.25, 0.3) is 0 Å². The average Bonchev–Trinajstić information content (AvgIpc) is 3.06. The SMILES string of the molecule is COC(=O)C(Cc1ccccc1)NP(=O)(O)OCC1OC(N2C=CC(N)NC2=O)C(O)C1O. The highest BCUT2D eigenvalue weighted by molar-refractivity contribution is 7.50. The van der Waals surface area contributed by atoms with E-state index in [1.54, 1.807) is 30.3 Å². The minimum atomic E-state index is -4.57. The molecule has 182 valence electrons. The van der Waals surface area contributed by atoms with E-state index in [0.717, 1.165) is 12.0 Å². The molecule has 0 saturated carbocycles. The number of rotatable bonds is 9. The third-order valence-electron chi connectivity index (χ3n) is 5.09. The van der Waals surface area contributed by atoms with Crippen LogP contribution in [0.5, 0.6) is 0 Å². The third-order valence-corrected chi connectivity index (χ3v) is 6.23. The summed E-state index contributed by atoms with van der Waals surface area (Å²) in [5.41, 5.74) is 6.29. The molecule has 1 aromatic rings. The number of nitrogens with zero attached hydrogens (tertiary/aromatic N) is 1. The number of esters is 1. The minimum Gasteiger partial charge on any atom is -0.468 e. The Morgan fingerprint density at radius 3 is 2.67 bits per heavy atom. The Morgan fingerprint density at radius 1 is 1.33 bits per heavy atom. The molecule has 0 aliphatic carbocycles. The molecular weight excluding hydrogens is 459 g/mol. The van der Waals surface area contributed by atoms with Crippen LogP contribution < -0.4 is 16.1 Å². The Hall–Kier alpha value is -2.35. The van der Waals surface area contributed by atoms with Gasteiger partial charge in [-0.3, -0.25) is 14.2 Å². The van der Waals surface area contributed by atoms with Crippen molar-refractivity contribution in [1.29, 1.82) is 0 Å². The fraction of sp³-hybridized carbons (Fsp3) is 0.474. The lowest BCUT2D eigenvalue weighted by atomic mass is 10.1. The number of carbonyl (C=O) groups is 2. The van der Waals surface area contributed by atoms with Gasteiger partial charge in [-0.25, -0.2) is 14.4 Å². The fourth-order valence-electron chi connectivity index (χ4n) is 3.40. The van der Waals surface area contributed by atoms with E-state index in [-0.39, 0.29) is 6.42 Å². The second kappa shape index (κ2) is 10.7. The Kier molecular flexibility index (Phi) is 8.21. The van der Waals surface area contributed by atoms with E-state index in [2.05, 4.69) is 10.4 Å². The maximum atomic E-state index is 12.6. The van der Waals surface area contributed by atoms with Gasteiger partial charge in [0.2, 0.25) is 0 Å². The van der Waals surface area contributed by atoms with E-state index in [1.165, 1.54) is 12.3 Å². The Labute approximate surface area is 189 Å². The lowest BCUT2D eigenvalue weighted by Gasteiger charge is -2.31. The van der Waals surface area contributed by atoms with Gasteiger partial charge in [0.25, 0.3) is 0 Å². The number of aliphatic hydroxyl groups excluding tert-OH is 2. The van der Waals surface area contributed by atoms with Crippen molar-refractivity contribution in [2.45, 2.75) is 43.2 Å². The van der Waals surface area contributed by atoms with E-state index < -0.39 is 63.1 Å². The molecule has 0 aromatic heterocycles. The number of carbonyl (C=O) groups excluding carboxylic acids is 2. The van der Waals surface area contributed by atoms with Crippen molar-refractivity contribution < 1.29 is 43.3 Å². The van der Waals surface area contributed by atoms with E-state index in [4.69, 9.17) is 19.7 Å². The zero-order valence-corrected chi connectivity index (χ0v) is 18.6. The Balaban J connectivity index is 1.61. The largest absolute Gasteiger partial charge is 0.468 e. The van der Waals surface area contributed by atoms with Crippen LogP contribution in [0.15, 0.2) is 42.6 Å². The molecule has 2 amide bonds. The maximum absolute atomic E-state index is 12.6. The molecule has 0 radical (unpaired) electrons. The maximum Gasteiger partial charge on any atom is 0.403 e. The molecule has 1 aromatic carbocycles. The molecule has 1 fully saturated rings. The van der Waals surface area contributed by atoms with Crippen LogP contribution in [0, 0.1) is 0 Å². The van der Waals surface area contributed by atoms with E-state index >= 15 is 0 Å². The monoisotopic (exact) mass is 486 g/mol. The predicted molar refractivity (Wildman–Crippen MR) is 113 cm³/mol. The van der Waals surface area contributed by atoms with Gasteiger partial charge in [0.05, 0.1) is 19.9 Å². The van der Waals surface area contributed by atoms with Crippen LogP contribution in [-0.2, 0) is 29.8 Å². The number of hydrogen-bond donors (Lipinski definition) is 6. The molecule has 7 unspecified atom stereocenters. The van der Waals surface area contributed by atoms with Gasteiger partial charge in [0.1, 0.15) is 24.4 Å². The summed E-state index contributed by atoms with van der Waals surface area (Å²) < 4.78 is 27.8. The van der Waals surface area contributed by atoms with Gasteiger partial charge in [0.15, 0.2) is 6.23 Å². The summed E-state index contributed by atoms with van der Waals surface area (Å²) in [6.45, 7) is -0.618. The fourth-order valence-corrected chi connectivity index (χ4v) is 4.41. The highest BCUT2D eigenvalue weighted by Gasteiger charge is 2.48. The van der Waals surface area contributed by atoms with Gasteiger partial charge in [-0.1, -0.05) is 30.3 Å². The topological polar surface area (TPSA) is 193 Å². The van der Waals surface area contributed by atoms with Gasteiger partial charge < -0.3 is 35.6 Å². The van der Waals surface area contributed by atoms with Gasteiger partial charge in [0, 0.05) is 6.20 Å². The highest BCUT2D eigenvalue weighted by Crippen LogP contribution is 2.39. The molecular formula is C19H27N4O9P. The zero-order valence-electron chi connectivity index (χ0n) is 17.7. The van der Waals surface area contributed by atoms with Crippen LogP contribution in [-0.4, -0.2) is 82.5 Å². The van der Waals surface area contributed by atoms with Crippen LogP contribution in [0.4, 0.5) is 4.79 Å². The molecule has 2 heterocycles.